The molecule has 18 heavy (non-hydrogen) atoms. The highest BCUT2D eigenvalue weighted by atomic mass is 79.9. The molecule has 0 spiro atoms. The average molecular weight is 326 g/mol. The first-order chi connectivity index (χ1) is 8.20. The predicted octanol–water partition coefficient (Wildman–Crippen LogP) is 2.54. The van der Waals surface area contributed by atoms with Gasteiger partial charge in [0.05, 0.1) is 5.56 Å². The normalized spacial score (nSPS) is 13.2. The molecule has 0 radical (unpaired) electrons. The zero-order valence-electron chi connectivity index (χ0n) is 9.38. The molecule has 1 atom stereocenters. The number of anilines is 1. The summed E-state index contributed by atoms with van der Waals surface area (Å²) in [4.78, 5) is 14.3. The molecule has 3 N–H and O–H groups in total. The quantitative estimate of drug-likeness (QED) is 0.893. The second kappa shape index (κ2) is 5.55. The van der Waals surface area contributed by atoms with Crippen molar-refractivity contribution in [1.29, 1.82) is 0 Å². The molecule has 1 aromatic rings. The Labute approximate surface area is 110 Å². The molecule has 0 aliphatic carbocycles. The molecule has 0 bridgehead atoms. The van der Waals surface area contributed by atoms with E-state index in [0.29, 0.717) is 0 Å². The van der Waals surface area contributed by atoms with E-state index in [2.05, 4.69) is 26.2 Å². The number of nitrogens with one attached hydrogen (secondary N) is 1. The molecule has 1 unspecified atom stereocenters. The third-order valence-electron chi connectivity index (χ3n) is 2.05. The fourth-order valence-corrected chi connectivity index (χ4v) is 1.69. The molecule has 0 fully saturated rings. The van der Waals surface area contributed by atoms with Crippen molar-refractivity contribution in [3.8, 4) is 0 Å². The van der Waals surface area contributed by atoms with Crippen LogP contribution in [0.25, 0.3) is 0 Å². The maximum absolute atomic E-state index is 12.7. The maximum atomic E-state index is 12.7. The minimum Gasteiger partial charge on any atom is -0.370 e. The van der Waals surface area contributed by atoms with Gasteiger partial charge in [0.1, 0.15) is 5.82 Å². The van der Waals surface area contributed by atoms with E-state index in [4.69, 9.17) is 5.73 Å². The predicted molar refractivity (Wildman–Crippen MR) is 63.8 cm³/mol. The van der Waals surface area contributed by atoms with Crippen LogP contribution in [0.2, 0.25) is 0 Å². The van der Waals surface area contributed by atoms with Gasteiger partial charge in [0, 0.05) is 23.1 Å². The number of aromatic nitrogens is 1. The first kappa shape index (κ1) is 14.7. The molecule has 100 valence electrons. The molecule has 0 saturated heterocycles. The molecule has 4 nitrogen and oxygen atoms in total. The zero-order valence-corrected chi connectivity index (χ0v) is 11.0. The van der Waals surface area contributed by atoms with Crippen LogP contribution in [0, 0.1) is 0 Å². The van der Waals surface area contributed by atoms with Crippen molar-refractivity contribution in [1.82, 2.24) is 4.98 Å². The van der Waals surface area contributed by atoms with Gasteiger partial charge in [-0.05, 0) is 28.9 Å². The van der Waals surface area contributed by atoms with E-state index in [1.165, 1.54) is 6.20 Å². The van der Waals surface area contributed by atoms with Crippen molar-refractivity contribution in [2.24, 2.45) is 5.73 Å². The van der Waals surface area contributed by atoms with Gasteiger partial charge in [-0.3, -0.25) is 4.79 Å². The lowest BCUT2D eigenvalue weighted by molar-refractivity contribution is -0.137. The number of nitrogens with zero attached hydrogens (tertiary/aromatic N) is 1. The first-order valence-electron chi connectivity index (χ1n) is 4.97. The molecular weight excluding hydrogens is 315 g/mol. The number of alkyl halides is 3. The summed E-state index contributed by atoms with van der Waals surface area (Å²) in [6.45, 7) is 1.55. The average Bonchev–Trinajstić information content (AvgIpc) is 2.17. The third kappa shape index (κ3) is 4.17. The molecule has 0 aliphatic rings. The Morgan fingerprint density at radius 3 is 2.72 bits per heavy atom. The summed E-state index contributed by atoms with van der Waals surface area (Å²) >= 11 is 2.93. The minimum atomic E-state index is -4.52. The number of nitrogens with two attached hydrogens (primary N) is 1. The van der Waals surface area contributed by atoms with Gasteiger partial charge in [0.2, 0.25) is 5.91 Å². The summed E-state index contributed by atoms with van der Waals surface area (Å²) in [6.07, 6.45) is -3.35. The molecule has 1 amide bonds. The summed E-state index contributed by atoms with van der Waals surface area (Å²) < 4.78 is 38.5. The fraction of sp³-hybridized carbons (Fsp3) is 0.400. The highest BCUT2D eigenvalue weighted by Gasteiger charge is 2.35. The molecule has 0 aromatic carbocycles. The van der Waals surface area contributed by atoms with Crippen molar-refractivity contribution in [2.45, 2.75) is 25.6 Å². The standard InChI is InChI=1S/C10H11BrF3N3O/c1-5(2-8(15)18)17-9-7(10(12,13)14)3-6(11)4-16-9/h3-5H,2H2,1H3,(H2,15,18)(H,16,17). The van der Waals surface area contributed by atoms with Gasteiger partial charge in [-0.1, -0.05) is 0 Å². The van der Waals surface area contributed by atoms with Gasteiger partial charge >= 0.3 is 6.18 Å². The van der Waals surface area contributed by atoms with Crippen molar-refractivity contribution in [3.05, 3.63) is 22.3 Å². The van der Waals surface area contributed by atoms with E-state index in [1.54, 1.807) is 6.92 Å². The number of halogens is 4. The summed E-state index contributed by atoms with van der Waals surface area (Å²) in [5, 5.41) is 2.52. The van der Waals surface area contributed by atoms with E-state index < -0.39 is 23.7 Å². The van der Waals surface area contributed by atoms with E-state index in [0.717, 1.165) is 6.07 Å². The zero-order chi connectivity index (χ0) is 13.9. The van der Waals surface area contributed by atoms with E-state index in [9.17, 15) is 18.0 Å². The van der Waals surface area contributed by atoms with Gasteiger partial charge in [-0.15, -0.1) is 0 Å². The van der Waals surface area contributed by atoms with E-state index >= 15 is 0 Å². The fourth-order valence-electron chi connectivity index (χ4n) is 1.36. The summed E-state index contributed by atoms with van der Waals surface area (Å²) in [7, 11) is 0. The van der Waals surface area contributed by atoms with Gasteiger partial charge in [-0.25, -0.2) is 4.98 Å². The molecule has 1 rings (SSSR count). The van der Waals surface area contributed by atoms with Gasteiger partial charge < -0.3 is 11.1 Å². The van der Waals surface area contributed by atoms with Crippen LogP contribution in [0.3, 0.4) is 0 Å². The van der Waals surface area contributed by atoms with Crippen LogP contribution in [0.15, 0.2) is 16.7 Å². The number of carbonyl (C=O) groups is 1. The van der Waals surface area contributed by atoms with Crippen LogP contribution in [0.1, 0.15) is 18.9 Å². The SMILES string of the molecule is CC(CC(N)=O)Nc1ncc(Br)cc1C(F)(F)F. The van der Waals surface area contributed by atoms with Crippen LogP contribution in [0.5, 0.6) is 0 Å². The van der Waals surface area contributed by atoms with Crippen LogP contribution < -0.4 is 11.1 Å². The van der Waals surface area contributed by atoms with Crippen LogP contribution in [-0.4, -0.2) is 16.9 Å². The number of hydrogen-bond acceptors (Lipinski definition) is 3. The largest absolute Gasteiger partial charge is 0.419 e. The second-order valence-corrected chi connectivity index (χ2v) is 4.68. The molecule has 1 heterocycles. The summed E-state index contributed by atoms with van der Waals surface area (Å²) in [5.41, 5.74) is 4.07. The second-order valence-electron chi connectivity index (χ2n) is 3.76. The number of rotatable bonds is 4. The summed E-state index contributed by atoms with van der Waals surface area (Å²) in [5.74, 6) is -0.917. The Morgan fingerprint density at radius 2 is 2.22 bits per heavy atom. The Morgan fingerprint density at radius 1 is 1.61 bits per heavy atom. The van der Waals surface area contributed by atoms with Crippen LogP contribution in [0.4, 0.5) is 19.0 Å². The van der Waals surface area contributed by atoms with Gasteiger partial charge in [0.15, 0.2) is 0 Å². The number of pyridine rings is 1. The van der Waals surface area contributed by atoms with E-state index in [-0.39, 0.29) is 16.7 Å². The lowest BCUT2D eigenvalue weighted by Crippen LogP contribution is -2.25. The third-order valence-corrected chi connectivity index (χ3v) is 2.48. The molecular formula is C10H11BrF3N3O. The van der Waals surface area contributed by atoms with Gasteiger partial charge in [0.25, 0.3) is 0 Å². The molecule has 0 aliphatic heterocycles. The van der Waals surface area contributed by atoms with Crippen LogP contribution in [-0.2, 0) is 11.0 Å². The number of carbonyl (C=O) groups excluding carboxylic acids is 1. The Kier molecular flexibility index (Phi) is 4.55. The van der Waals surface area contributed by atoms with Crippen molar-refractivity contribution in [2.75, 3.05) is 5.32 Å². The monoisotopic (exact) mass is 325 g/mol. The minimum absolute atomic E-state index is 0.0744. The van der Waals surface area contributed by atoms with Crippen LogP contribution >= 0.6 is 15.9 Å². The number of hydrogen-bond donors (Lipinski definition) is 2. The number of primary amides is 1. The van der Waals surface area contributed by atoms with Crippen molar-refractivity contribution < 1.29 is 18.0 Å². The topological polar surface area (TPSA) is 68.0 Å². The molecule has 8 heteroatoms. The molecule has 0 saturated carbocycles. The number of amides is 1. The highest BCUT2D eigenvalue weighted by Crippen LogP contribution is 2.35. The Bertz CT molecular complexity index is 450. The molecule has 1 aromatic heterocycles. The maximum Gasteiger partial charge on any atom is 0.419 e. The smallest absolute Gasteiger partial charge is 0.370 e. The van der Waals surface area contributed by atoms with E-state index in [1.807, 2.05) is 0 Å². The first-order valence-corrected chi connectivity index (χ1v) is 5.77. The van der Waals surface area contributed by atoms with Crippen molar-refractivity contribution >= 4 is 27.7 Å². The van der Waals surface area contributed by atoms with Gasteiger partial charge in [-0.2, -0.15) is 13.2 Å². The highest BCUT2D eigenvalue weighted by molar-refractivity contribution is 9.10. The lowest BCUT2D eigenvalue weighted by Gasteiger charge is -2.17. The van der Waals surface area contributed by atoms with Crippen molar-refractivity contribution in [3.63, 3.8) is 0 Å². The lowest BCUT2D eigenvalue weighted by atomic mass is 10.2. The Hall–Kier alpha value is -1.31. The Balaban J connectivity index is 2.98. The summed E-state index contributed by atoms with van der Waals surface area (Å²) in [6, 6.07) is 0.393.